The fourth-order valence-corrected chi connectivity index (χ4v) is 1.30. The Morgan fingerprint density at radius 2 is 2.14 bits per heavy atom. The van der Waals surface area contributed by atoms with E-state index in [1.807, 2.05) is 0 Å². The van der Waals surface area contributed by atoms with E-state index >= 15 is 0 Å². The van der Waals surface area contributed by atoms with Gasteiger partial charge in [0.1, 0.15) is 5.78 Å². The third-order valence-electron chi connectivity index (χ3n) is 2.18. The summed E-state index contributed by atoms with van der Waals surface area (Å²) in [5.41, 5.74) is 0.993. The summed E-state index contributed by atoms with van der Waals surface area (Å²) in [6.07, 6.45) is 2.14. The van der Waals surface area contributed by atoms with Crippen LogP contribution in [0.3, 0.4) is 0 Å². The molecular weight excluding hydrogens is 182 g/mol. The third kappa shape index (κ3) is 2.22. The van der Waals surface area contributed by atoms with Gasteiger partial charge in [0.25, 0.3) is 0 Å². The van der Waals surface area contributed by atoms with Gasteiger partial charge in [-0.2, -0.15) is 0 Å². The molecule has 0 aromatic carbocycles. The maximum Gasteiger partial charge on any atom is 0.337 e. The van der Waals surface area contributed by atoms with E-state index in [1.54, 1.807) is 23.8 Å². The van der Waals surface area contributed by atoms with Crippen LogP contribution in [-0.4, -0.2) is 21.4 Å². The van der Waals surface area contributed by atoms with E-state index in [0.717, 1.165) is 0 Å². The van der Waals surface area contributed by atoms with Crippen molar-refractivity contribution < 1.29 is 14.7 Å². The van der Waals surface area contributed by atoms with E-state index in [-0.39, 0.29) is 5.78 Å². The molecule has 76 valence electrons. The van der Waals surface area contributed by atoms with Crippen LogP contribution in [0.2, 0.25) is 0 Å². The number of carbonyl (C=O) groups excluding carboxylic acids is 1. The molecule has 0 aliphatic rings. The zero-order valence-corrected chi connectivity index (χ0v) is 8.28. The first-order chi connectivity index (χ1) is 6.52. The monoisotopic (exact) mass is 195 g/mol. The Bertz CT molecular complexity index is 365. The van der Waals surface area contributed by atoms with Crippen molar-refractivity contribution in [2.75, 3.05) is 0 Å². The number of aromatic nitrogens is 1. The number of carboxylic acid groups (broad SMARTS) is 1. The smallest absolute Gasteiger partial charge is 0.337 e. The summed E-state index contributed by atoms with van der Waals surface area (Å²) in [7, 11) is 0. The van der Waals surface area contributed by atoms with E-state index in [2.05, 4.69) is 0 Å². The number of nitrogens with zero attached hydrogens (tertiary/aromatic N) is 1. The van der Waals surface area contributed by atoms with E-state index in [1.165, 1.54) is 6.92 Å². The van der Waals surface area contributed by atoms with E-state index in [0.29, 0.717) is 24.2 Å². The van der Waals surface area contributed by atoms with Gasteiger partial charge in [-0.3, -0.25) is 4.79 Å². The summed E-state index contributed by atoms with van der Waals surface area (Å²) in [6.45, 7) is 3.81. The molecule has 0 saturated carbocycles. The molecule has 1 aromatic heterocycles. The Labute approximate surface area is 82.2 Å². The van der Waals surface area contributed by atoms with Gasteiger partial charge in [-0.1, -0.05) is 0 Å². The van der Waals surface area contributed by atoms with Crippen LogP contribution in [0.25, 0.3) is 0 Å². The molecule has 1 heterocycles. The number of hydrogen-bond donors (Lipinski definition) is 1. The Hall–Kier alpha value is -1.58. The number of Topliss-reactive ketones (excluding diaryl/α,β-unsaturated/α-hetero) is 1. The normalized spacial score (nSPS) is 10.1. The molecule has 1 N–H and O–H groups in total. The van der Waals surface area contributed by atoms with Gasteiger partial charge in [0.2, 0.25) is 0 Å². The topological polar surface area (TPSA) is 59.3 Å². The van der Waals surface area contributed by atoms with Crippen molar-refractivity contribution in [3.8, 4) is 0 Å². The van der Waals surface area contributed by atoms with Gasteiger partial charge in [0, 0.05) is 24.9 Å². The first-order valence-corrected chi connectivity index (χ1v) is 4.41. The van der Waals surface area contributed by atoms with Gasteiger partial charge in [0.05, 0.1) is 5.56 Å². The van der Waals surface area contributed by atoms with Crippen molar-refractivity contribution in [3.05, 3.63) is 23.5 Å². The van der Waals surface area contributed by atoms with Gasteiger partial charge < -0.3 is 9.67 Å². The SMILES string of the molecule is CC(=O)CCn1ccc(C(=O)O)c1C. The molecule has 1 rings (SSSR count). The van der Waals surface area contributed by atoms with Gasteiger partial charge in [-0.25, -0.2) is 4.79 Å². The quantitative estimate of drug-likeness (QED) is 0.791. The first-order valence-electron chi connectivity index (χ1n) is 4.41. The van der Waals surface area contributed by atoms with Crippen LogP contribution in [0.1, 0.15) is 29.4 Å². The van der Waals surface area contributed by atoms with Crippen LogP contribution in [0.5, 0.6) is 0 Å². The molecule has 0 atom stereocenters. The lowest BCUT2D eigenvalue weighted by molar-refractivity contribution is -0.117. The second kappa shape index (κ2) is 4.09. The lowest BCUT2D eigenvalue weighted by atomic mass is 10.2. The average molecular weight is 195 g/mol. The van der Waals surface area contributed by atoms with Crippen LogP contribution in [0.4, 0.5) is 0 Å². The van der Waals surface area contributed by atoms with Crippen molar-refractivity contribution in [1.29, 1.82) is 0 Å². The zero-order valence-electron chi connectivity index (χ0n) is 8.28. The van der Waals surface area contributed by atoms with Crippen LogP contribution >= 0.6 is 0 Å². The minimum atomic E-state index is -0.927. The Morgan fingerprint density at radius 3 is 2.57 bits per heavy atom. The van der Waals surface area contributed by atoms with Gasteiger partial charge in [-0.05, 0) is 19.9 Å². The minimum Gasteiger partial charge on any atom is -0.478 e. The number of carbonyl (C=O) groups is 2. The predicted octanol–water partition coefficient (Wildman–Crippen LogP) is 1.47. The molecule has 0 aliphatic heterocycles. The summed E-state index contributed by atoms with van der Waals surface area (Å²) in [6, 6.07) is 1.55. The maximum absolute atomic E-state index is 10.7. The highest BCUT2D eigenvalue weighted by atomic mass is 16.4. The molecule has 4 nitrogen and oxygen atoms in total. The summed E-state index contributed by atoms with van der Waals surface area (Å²) in [5.74, 6) is -0.820. The van der Waals surface area contributed by atoms with Gasteiger partial charge in [-0.15, -0.1) is 0 Å². The molecule has 4 heteroatoms. The summed E-state index contributed by atoms with van der Waals surface area (Å²) in [4.78, 5) is 21.4. The van der Waals surface area contributed by atoms with E-state index < -0.39 is 5.97 Å². The molecule has 0 radical (unpaired) electrons. The van der Waals surface area contributed by atoms with Gasteiger partial charge >= 0.3 is 5.97 Å². The Kier molecular flexibility index (Phi) is 3.06. The Morgan fingerprint density at radius 1 is 1.50 bits per heavy atom. The lowest BCUT2D eigenvalue weighted by Gasteiger charge is -2.04. The lowest BCUT2D eigenvalue weighted by Crippen LogP contribution is -2.05. The average Bonchev–Trinajstić information content (AvgIpc) is 2.43. The highest BCUT2D eigenvalue weighted by Crippen LogP contribution is 2.10. The molecular formula is C10H13NO3. The van der Waals surface area contributed by atoms with Crippen LogP contribution in [0, 0.1) is 6.92 Å². The van der Waals surface area contributed by atoms with E-state index in [4.69, 9.17) is 5.11 Å². The molecule has 0 fully saturated rings. The molecule has 1 aromatic rings. The standard InChI is InChI=1S/C10H13NO3/c1-7(12)3-5-11-6-4-9(8(11)2)10(13)14/h4,6H,3,5H2,1-2H3,(H,13,14). The van der Waals surface area contributed by atoms with Crippen LogP contribution in [-0.2, 0) is 11.3 Å². The van der Waals surface area contributed by atoms with Crippen molar-refractivity contribution in [3.63, 3.8) is 0 Å². The molecule has 0 amide bonds. The van der Waals surface area contributed by atoms with Crippen molar-refractivity contribution >= 4 is 11.8 Å². The predicted molar refractivity (Wildman–Crippen MR) is 51.4 cm³/mol. The van der Waals surface area contributed by atoms with Crippen LogP contribution in [0.15, 0.2) is 12.3 Å². The largest absolute Gasteiger partial charge is 0.478 e. The third-order valence-corrected chi connectivity index (χ3v) is 2.18. The van der Waals surface area contributed by atoms with Crippen molar-refractivity contribution in [2.24, 2.45) is 0 Å². The minimum absolute atomic E-state index is 0.106. The molecule has 0 spiro atoms. The number of aromatic carboxylic acids is 1. The highest BCUT2D eigenvalue weighted by Gasteiger charge is 2.10. The molecule has 0 aliphatic carbocycles. The van der Waals surface area contributed by atoms with Crippen molar-refractivity contribution in [2.45, 2.75) is 26.8 Å². The zero-order chi connectivity index (χ0) is 10.7. The fourth-order valence-electron chi connectivity index (χ4n) is 1.30. The molecule has 0 saturated heterocycles. The highest BCUT2D eigenvalue weighted by molar-refractivity contribution is 5.89. The number of carboxylic acids is 1. The molecule has 0 bridgehead atoms. The summed E-state index contributed by atoms with van der Waals surface area (Å²) in [5, 5.41) is 8.78. The summed E-state index contributed by atoms with van der Waals surface area (Å²) >= 11 is 0. The number of ketones is 1. The fraction of sp³-hybridized carbons (Fsp3) is 0.400. The van der Waals surface area contributed by atoms with E-state index in [9.17, 15) is 9.59 Å². The molecule has 0 unspecified atom stereocenters. The number of rotatable bonds is 4. The van der Waals surface area contributed by atoms with Crippen LogP contribution < -0.4 is 0 Å². The Balaban J connectivity index is 2.79. The second-order valence-electron chi connectivity index (χ2n) is 3.27. The van der Waals surface area contributed by atoms with Crippen molar-refractivity contribution in [1.82, 2.24) is 4.57 Å². The number of hydrogen-bond acceptors (Lipinski definition) is 2. The summed E-state index contributed by atoms with van der Waals surface area (Å²) < 4.78 is 1.78. The molecule has 14 heavy (non-hydrogen) atoms. The first kappa shape index (κ1) is 10.5. The number of aryl methyl sites for hydroxylation is 1. The van der Waals surface area contributed by atoms with Gasteiger partial charge in [0.15, 0.2) is 0 Å². The maximum atomic E-state index is 10.7. The second-order valence-corrected chi connectivity index (χ2v) is 3.27.